The van der Waals surface area contributed by atoms with Crippen molar-refractivity contribution in [3.05, 3.63) is 95.6 Å². The van der Waals surface area contributed by atoms with E-state index in [1.807, 2.05) is 0 Å². The highest BCUT2D eigenvalue weighted by atomic mass is 19.4. The number of rotatable bonds is 5. The number of benzene rings is 2. The van der Waals surface area contributed by atoms with Crippen LogP contribution in [-0.2, 0) is 4.79 Å². The summed E-state index contributed by atoms with van der Waals surface area (Å²) in [7, 11) is 0. The summed E-state index contributed by atoms with van der Waals surface area (Å²) in [6, 6.07) is 15.2. The molecular formula is C28H19F4N5O3. The fourth-order valence-corrected chi connectivity index (χ4v) is 4.03. The Morgan fingerprint density at radius 2 is 1.75 bits per heavy atom. The van der Waals surface area contributed by atoms with Gasteiger partial charge in [-0.2, -0.15) is 18.3 Å². The predicted molar refractivity (Wildman–Crippen MR) is 137 cm³/mol. The zero-order valence-electron chi connectivity index (χ0n) is 21.0. The number of aromatic nitrogens is 4. The summed E-state index contributed by atoms with van der Waals surface area (Å²) in [6.45, 7) is 3.21. The van der Waals surface area contributed by atoms with Gasteiger partial charge in [0.05, 0.1) is 11.3 Å². The molecule has 12 heteroatoms. The van der Waals surface area contributed by atoms with Crippen molar-refractivity contribution in [3.8, 4) is 28.3 Å². The van der Waals surface area contributed by atoms with Gasteiger partial charge in [0.25, 0.3) is 5.91 Å². The van der Waals surface area contributed by atoms with E-state index in [4.69, 9.17) is 0 Å². The van der Waals surface area contributed by atoms with Gasteiger partial charge < -0.3 is 10.1 Å². The number of carbonyl (C=O) groups excluding carboxylic acids is 2. The molecule has 0 saturated heterocycles. The third-order valence-corrected chi connectivity index (χ3v) is 5.92. The molecule has 0 saturated carbocycles. The number of anilines is 1. The van der Waals surface area contributed by atoms with E-state index in [-0.39, 0.29) is 17.2 Å². The molecule has 3 aromatic heterocycles. The van der Waals surface area contributed by atoms with Crippen molar-refractivity contribution in [2.45, 2.75) is 20.0 Å². The first-order valence-electron chi connectivity index (χ1n) is 11.8. The highest BCUT2D eigenvalue weighted by Gasteiger charge is 2.42. The molecule has 0 bridgehead atoms. The number of nitrogens with one attached hydrogen (secondary N) is 1. The van der Waals surface area contributed by atoms with Crippen LogP contribution in [0.2, 0.25) is 0 Å². The van der Waals surface area contributed by atoms with E-state index in [0.717, 1.165) is 6.07 Å². The van der Waals surface area contributed by atoms with Gasteiger partial charge in [-0.25, -0.2) is 23.7 Å². The summed E-state index contributed by atoms with van der Waals surface area (Å²) in [5.74, 6) is -4.15. The number of pyridine rings is 1. The predicted octanol–water partition coefficient (Wildman–Crippen LogP) is 5.93. The Morgan fingerprint density at radius 1 is 0.950 bits per heavy atom. The molecule has 0 unspecified atom stereocenters. The zero-order valence-corrected chi connectivity index (χ0v) is 21.0. The minimum atomic E-state index is -5.24. The first-order chi connectivity index (χ1) is 19.0. The monoisotopic (exact) mass is 549 g/mol. The van der Waals surface area contributed by atoms with Crippen molar-refractivity contribution >= 4 is 23.3 Å². The third kappa shape index (κ3) is 5.23. The molecule has 0 aliphatic rings. The Morgan fingerprint density at radius 3 is 2.50 bits per heavy atom. The number of ether oxygens (including phenoxy) is 1. The van der Waals surface area contributed by atoms with Gasteiger partial charge >= 0.3 is 12.1 Å². The van der Waals surface area contributed by atoms with Gasteiger partial charge in [0.1, 0.15) is 23.1 Å². The summed E-state index contributed by atoms with van der Waals surface area (Å²) in [4.78, 5) is 33.3. The molecule has 8 nitrogen and oxygen atoms in total. The van der Waals surface area contributed by atoms with Crippen LogP contribution >= 0.6 is 0 Å². The van der Waals surface area contributed by atoms with Crippen molar-refractivity contribution in [2.75, 3.05) is 5.32 Å². The minimum Gasteiger partial charge on any atom is -0.419 e. The first-order valence-corrected chi connectivity index (χ1v) is 11.8. The number of imidazole rings is 1. The van der Waals surface area contributed by atoms with Crippen molar-refractivity contribution in [3.63, 3.8) is 0 Å². The number of halogens is 4. The quantitative estimate of drug-likeness (QED) is 0.166. The van der Waals surface area contributed by atoms with Crippen molar-refractivity contribution < 1.29 is 31.9 Å². The summed E-state index contributed by atoms with van der Waals surface area (Å²) >= 11 is 0. The fourth-order valence-electron chi connectivity index (χ4n) is 4.03. The number of alkyl halides is 3. The molecule has 0 fully saturated rings. The first kappa shape index (κ1) is 26.5. The van der Waals surface area contributed by atoms with E-state index in [2.05, 4.69) is 25.1 Å². The highest BCUT2D eigenvalue weighted by molar-refractivity contribution is 6.06. The normalized spacial score (nSPS) is 11.4. The topological polar surface area (TPSA) is 98.5 Å². The Hall–Kier alpha value is -5.13. The van der Waals surface area contributed by atoms with Gasteiger partial charge in [0, 0.05) is 23.5 Å². The van der Waals surface area contributed by atoms with Gasteiger partial charge in [0.15, 0.2) is 5.65 Å². The summed E-state index contributed by atoms with van der Waals surface area (Å²) < 4.78 is 58.4. The molecule has 202 valence electrons. The van der Waals surface area contributed by atoms with Crippen molar-refractivity contribution in [2.24, 2.45) is 0 Å². The summed E-state index contributed by atoms with van der Waals surface area (Å²) in [5, 5.41) is 6.92. The smallest absolute Gasteiger partial charge is 0.419 e. The van der Waals surface area contributed by atoms with E-state index in [9.17, 15) is 27.2 Å². The molecular weight excluding hydrogens is 530 g/mol. The van der Waals surface area contributed by atoms with Crippen LogP contribution in [0.5, 0.6) is 5.75 Å². The van der Waals surface area contributed by atoms with Gasteiger partial charge in [0.2, 0.25) is 0 Å². The maximum absolute atomic E-state index is 14.0. The SMILES string of the molecule is Cc1ccc(C(=O)Nc2cc(-c3c(-c4ccc(F)c(C)c4)nc4cccnn34)ccn2)c(OC(=O)C(F)(F)F)c1. The molecule has 0 aliphatic heterocycles. The lowest BCUT2D eigenvalue weighted by molar-refractivity contribution is -0.189. The molecule has 2 aromatic carbocycles. The second kappa shape index (κ2) is 10.2. The molecule has 40 heavy (non-hydrogen) atoms. The molecule has 5 rings (SSSR count). The van der Waals surface area contributed by atoms with E-state index in [1.54, 1.807) is 54.9 Å². The Bertz CT molecular complexity index is 1780. The van der Waals surface area contributed by atoms with Gasteiger partial charge in [-0.15, -0.1) is 0 Å². The van der Waals surface area contributed by atoms with Crippen LogP contribution in [0, 0.1) is 19.7 Å². The zero-order chi connectivity index (χ0) is 28.6. The van der Waals surface area contributed by atoms with E-state index in [1.165, 1.54) is 30.5 Å². The van der Waals surface area contributed by atoms with Crippen LogP contribution in [0.4, 0.5) is 23.4 Å². The van der Waals surface area contributed by atoms with Crippen molar-refractivity contribution in [1.82, 2.24) is 19.6 Å². The number of esters is 1. The Kier molecular flexibility index (Phi) is 6.76. The lowest BCUT2D eigenvalue weighted by Crippen LogP contribution is -2.29. The molecule has 0 aliphatic carbocycles. The number of nitrogens with zero attached hydrogens (tertiary/aromatic N) is 4. The lowest BCUT2D eigenvalue weighted by Gasteiger charge is -2.13. The molecule has 1 amide bonds. The standard InChI is InChI=1S/C28H19F4N5O3/c1-15-5-7-19(21(12-15)40-27(39)28(30,31)32)26(38)35-22-14-18(9-11-33-22)25-24(17-6-8-20(29)16(2)13-17)36-23-4-3-10-34-37(23)25/h3-14H,1-2H3,(H,33,35,38). The average Bonchev–Trinajstić information content (AvgIpc) is 3.29. The third-order valence-electron chi connectivity index (χ3n) is 5.92. The van der Waals surface area contributed by atoms with E-state index >= 15 is 0 Å². The number of amides is 1. The molecule has 5 aromatic rings. The highest BCUT2D eigenvalue weighted by Crippen LogP contribution is 2.34. The largest absolute Gasteiger partial charge is 0.491 e. The number of aryl methyl sites for hydroxylation is 2. The van der Waals surface area contributed by atoms with E-state index < -0.39 is 23.8 Å². The van der Waals surface area contributed by atoms with Crippen LogP contribution in [0.1, 0.15) is 21.5 Å². The maximum atomic E-state index is 14.0. The average molecular weight is 549 g/mol. The van der Waals surface area contributed by atoms with E-state index in [0.29, 0.717) is 39.3 Å². The Balaban J connectivity index is 1.52. The van der Waals surface area contributed by atoms with Crippen LogP contribution in [-0.4, -0.2) is 37.6 Å². The summed E-state index contributed by atoms with van der Waals surface area (Å²) in [5.41, 5.74) is 3.35. The lowest BCUT2D eigenvalue weighted by atomic mass is 10.0. The Labute approximate surface area is 224 Å². The number of hydrogen-bond donors (Lipinski definition) is 1. The van der Waals surface area contributed by atoms with Crippen LogP contribution in [0.3, 0.4) is 0 Å². The van der Waals surface area contributed by atoms with Crippen molar-refractivity contribution in [1.29, 1.82) is 0 Å². The van der Waals surface area contributed by atoms with Gasteiger partial charge in [-0.3, -0.25) is 4.79 Å². The maximum Gasteiger partial charge on any atom is 0.491 e. The van der Waals surface area contributed by atoms with Crippen LogP contribution in [0.25, 0.3) is 28.2 Å². The van der Waals surface area contributed by atoms with Crippen LogP contribution in [0.15, 0.2) is 73.1 Å². The minimum absolute atomic E-state index is 0.0586. The number of fused-ring (bicyclic) bond motifs is 1. The second-order valence-electron chi connectivity index (χ2n) is 8.84. The van der Waals surface area contributed by atoms with Gasteiger partial charge in [-0.05, 0) is 79.6 Å². The second-order valence-corrected chi connectivity index (χ2v) is 8.84. The molecule has 1 N–H and O–H groups in total. The fraction of sp³-hybridized carbons (Fsp3) is 0.107. The van der Waals surface area contributed by atoms with Crippen LogP contribution < -0.4 is 10.1 Å². The number of carbonyl (C=O) groups is 2. The molecule has 0 spiro atoms. The summed E-state index contributed by atoms with van der Waals surface area (Å²) in [6.07, 6.45) is -2.24. The number of hydrogen-bond acceptors (Lipinski definition) is 6. The molecule has 0 atom stereocenters. The molecule has 3 heterocycles. The van der Waals surface area contributed by atoms with Gasteiger partial charge in [-0.1, -0.05) is 6.07 Å². The molecule has 0 radical (unpaired) electrons.